The Kier molecular flexibility index (Phi) is 4.12. The predicted molar refractivity (Wildman–Crippen MR) is 49.3 cm³/mol. The van der Waals surface area contributed by atoms with Crippen LogP contribution in [0.15, 0.2) is 10.6 Å². The minimum atomic E-state index is 1.26. The average Bonchev–Trinajstić information content (AvgIpc) is 2.02. The van der Waals surface area contributed by atoms with E-state index in [4.69, 9.17) is 0 Å². The molecule has 1 aliphatic carbocycles. The first-order chi connectivity index (χ1) is 4.89. The van der Waals surface area contributed by atoms with Gasteiger partial charge < -0.3 is 0 Å². The molecule has 0 unspecified atom stereocenters. The van der Waals surface area contributed by atoms with Crippen LogP contribution in [0.25, 0.3) is 0 Å². The zero-order valence-corrected chi connectivity index (χ0v) is 7.99. The molecule has 0 radical (unpaired) electrons. The zero-order valence-electron chi connectivity index (χ0n) is 6.41. The quantitative estimate of drug-likeness (QED) is 0.558. The van der Waals surface area contributed by atoms with Crippen molar-refractivity contribution in [3.05, 3.63) is 10.6 Å². The summed E-state index contributed by atoms with van der Waals surface area (Å²) in [6, 6.07) is 0. The van der Waals surface area contributed by atoms with Gasteiger partial charge in [0, 0.05) is 0 Å². The first-order valence-electron chi connectivity index (χ1n) is 4.24. The second-order valence-corrected chi connectivity index (χ2v) is 3.98. The Morgan fingerprint density at radius 1 is 1.00 bits per heavy atom. The Balaban J connectivity index is 2.29. The number of hydrogen-bond acceptors (Lipinski definition) is 0. The van der Waals surface area contributed by atoms with Gasteiger partial charge in [0.2, 0.25) is 0 Å². The maximum absolute atomic E-state index is 3.57. The van der Waals surface area contributed by atoms with Gasteiger partial charge in [-0.2, -0.15) is 0 Å². The Morgan fingerprint density at radius 3 is 2.60 bits per heavy atom. The Morgan fingerprint density at radius 2 is 1.70 bits per heavy atom. The molecular weight excluding hydrogens is 188 g/mol. The molecule has 0 aromatic rings. The van der Waals surface area contributed by atoms with Crippen LogP contribution in [0.2, 0.25) is 0 Å². The van der Waals surface area contributed by atoms with Crippen LogP contribution in [0.1, 0.15) is 44.9 Å². The average molecular weight is 203 g/mol. The third-order valence-electron chi connectivity index (χ3n) is 1.99. The topological polar surface area (TPSA) is 0 Å². The second kappa shape index (κ2) is 4.95. The molecule has 0 saturated carbocycles. The molecule has 1 rings (SSSR count). The van der Waals surface area contributed by atoms with Crippen molar-refractivity contribution in [2.24, 2.45) is 0 Å². The summed E-state index contributed by atoms with van der Waals surface area (Å²) >= 11 is 3.57. The summed E-state index contributed by atoms with van der Waals surface area (Å²) in [5, 5.41) is 0. The van der Waals surface area contributed by atoms with Crippen molar-refractivity contribution in [1.82, 2.24) is 0 Å². The summed E-state index contributed by atoms with van der Waals surface area (Å²) in [5.41, 5.74) is 0. The van der Waals surface area contributed by atoms with Gasteiger partial charge >= 0.3 is 0 Å². The van der Waals surface area contributed by atoms with E-state index in [0.29, 0.717) is 0 Å². The molecule has 0 aromatic carbocycles. The van der Waals surface area contributed by atoms with Gasteiger partial charge in [0.15, 0.2) is 0 Å². The molecule has 0 N–H and O–H groups in total. The lowest BCUT2D eigenvalue weighted by molar-refractivity contribution is 0.631. The molecule has 0 aromatic heterocycles. The first-order valence-corrected chi connectivity index (χ1v) is 5.03. The van der Waals surface area contributed by atoms with Crippen LogP contribution >= 0.6 is 15.9 Å². The van der Waals surface area contributed by atoms with Crippen molar-refractivity contribution >= 4 is 15.9 Å². The van der Waals surface area contributed by atoms with E-state index in [2.05, 4.69) is 22.0 Å². The maximum atomic E-state index is 3.57. The molecule has 0 amide bonds. The predicted octanol–water partition coefficient (Wildman–Crippen LogP) is 4.01. The number of hydrogen-bond donors (Lipinski definition) is 0. The highest BCUT2D eigenvalue weighted by atomic mass is 79.9. The highest BCUT2D eigenvalue weighted by Gasteiger charge is 1.96. The van der Waals surface area contributed by atoms with Gasteiger partial charge in [-0.05, 0) is 30.2 Å². The Bertz CT molecular complexity index is 116. The van der Waals surface area contributed by atoms with Crippen LogP contribution in [0.4, 0.5) is 0 Å². The fourth-order valence-corrected chi connectivity index (χ4v) is 1.84. The van der Waals surface area contributed by atoms with E-state index in [1.807, 2.05) is 0 Å². The molecular formula is C9H15Br. The molecule has 10 heavy (non-hydrogen) atoms. The van der Waals surface area contributed by atoms with Crippen LogP contribution in [-0.2, 0) is 0 Å². The van der Waals surface area contributed by atoms with Gasteiger partial charge in [0.05, 0.1) is 0 Å². The third kappa shape index (κ3) is 3.40. The molecule has 0 nitrogen and oxygen atoms in total. The second-order valence-electron chi connectivity index (χ2n) is 2.96. The van der Waals surface area contributed by atoms with E-state index >= 15 is 0 Å². The Labute approximate surface area is 71.8 Å². The summed E-state index contributed by atoms with van der Waals surface area (Å²) < 4.78 is 1.43. The van der Waals surface area contributed by atoms with Crippen LogP contribution in [0.3, 0.4) is 0 Å². The molecule has 0 aliphatic heterocycles. The van der Waals surface area contributed by atoms with E-state index in [0.717, 1.165) is 0 Å². The number of allylic oxidation sites excluding steroid dienone is 2. The van der Waals surface area contributed by atoms with Crippen molar-refractivity contribution in [2.75, 3.05) is 0 Å². The largest absolute Gasteiger partial charge is 0.0744 e. The van der Waals surface area contributed by atoms with Gasteiger partial charge in [-0.25, -0.2) is 0 Å². The van der Waals surface area contributed by atoms with Crippen molar-refractivity contribution in [1.29, 1.82) is 0 Å². The molecule has 0 spiro atoms. The molecule has 0 heterocycles. The monoisotopic (exact) mass is 202 g/mol. The first kappa shape index (κ1) is 8.32. The van der Waals surface area contributed by atoms with Crippen LogP contribution in [0, 0.1) is 0 Å². The lowest BCUT2D eigenvalue weighted by atomic mass is 10.1. The van der Waals surface area contributed by atoms with E-state index in [-0.39, 0.29) is 0 Å². The van der Waals surface area contributed by atoms with Crippen molar-refractivity contribution < 1.29 is 0 Å². The third-order valence-corrected chi connectivity index (χ3v) is 2.71. The molecule has 58 valence electrons. The number of rotatable bonds is 0. The van der Waals surface area contributed by atoms with Gasteiger partial charge in [-0.15, -0.1) is 0 Å². The molecule has 1 heteroatoms. The Hall–Kier alpha value is 0.220. The van der Waals surface area contributed by atoms with Gasteiger partial charge in [-0.3, -0.25) is 0 Å². The van der Waals surface area contributed by atoms with Gasteiger partial charge in [0.1, 0.15) is 0 Å². The minimum absolute atomic E-state index is 1.26. The standard InChI is InChI=1S/C9H15Br/c10-9-7-5-3-1-2-4-6-8-9/h7H,1-6,8H2/b9-7+. The molecule has 0 bridgehead atoms. The van der Waals surface area contributed by atoms with Crippen LogP contribution in [0.5, 0.6) is 0 Å². The zero-order chi connectivity index (χ0) is 7.23. The van der Waals surface area contributed by atoms with E-state index in [9.17, 15) is 0 Å². The van der Waals surface area contributed by atoms with E-state index in [1.54, 1.807) is 0 Å². The highest BCUT2D eigenvalue weighted by Crippen LogP contribution is 2.20. The number of halogens is 1. The van der Waals surface area contributed by atoms with Gasteiger partial charge in [0.25, 0.3) is 0 Å². The molecule has 1 aliphatic rings. The van der Waals surface area contributed by atoms with Crippen molar-refractivity contribution in [3.8, 4) is 0 Å². The summed E-state index contributed by atoms with van der Waals surface area (Å²) in [6.07, 6.45) is 11.9. The maximum Gasteiger partial charge on any atom is -0.00892 e. The normalized spacial score (nSPS) is 27.5. The smallest absolute Gasteiger partial charge is 0.00892 e. The fraction of sp³-hybridized carbons (Fsp3) is 0.778. The highest BCUT2D eigenvalue weighted by molar-refractivity contribution is 9.11. The molecule has 0 fully saturated rings. The van der Waals surface area contributed by atoms with Gasteiger partial charge in [-0.1, -0.05) is 41.3 Å². The van der Waals surface area contributed by atoms with E-state index in [1.165, 1.54) is 49.4 Å². The summed E-state index contributed by atoms with van der Waals surface area (Å²) in [7, 11) is 0. The van der Waals surface area contributed by atoms with Crippen molar-refractivity contribution in [3.63, 3.8) is 0 Å². The fourth-order valence-electron chi connectivity index (χ4n) is 1.33. The van der Waals surface area contributed by atoms with Crippen LogP contribution < -0.4 is 0 Å². The van der Waals surface area contributed by atoms with Crippen LogP contribution in [-0.4, -0.2) is 0 Å². The summed E-state index contributed by atoms with van der Waals surface area (Å²) in [5.74, 6) is 0. The lowest BCUT2D eigenvalue weighted by Gasteiger charge is -1.95. The minimum Gasteiger partial charge on any atom is -0.0744 e. The van der Waals surface area contributed by atoms with Crippen molar-refractivity contribution in [2.45, 2.75) is 44.9 Å². The SMILES string of the molecule is Br/C1=C/CCCCCCC1. The molecule has 0 saturated heterocycles. The lowest BCUT2D eigenvalue weighted by Crippen LogP contribution is -1.75. The summed E-state index contributed by atoms with van der Waals surface area (Å²) in [6.45, 7) is 0. The summed E-state index contributed by atoms with van der Waals surface area (Å²) in [4.78, 5) is 0. The molecule has 0 atom stereocenters. The van der Waals surface area contributed by atoms with E-state index < -0.39 is 0 Å².